The molecule has 1 aliphatic carbocycles. The van der Waals surface area contributed by atoms with Gasteiger partial charge in [-0.25, -0.2) is 4.98 Å². The molecular formula is C17H18N2O3S. The first kappa shape index (κ1) is 15.7. The fraction of sp³-hybridized carbons (Fsp3) is 0.353. The number of hydrogen-bond acceptors (Lipinski definition) is 5. The highest BCUT2D eigenvalue weighted by molar-refractivity contribution is 7.13. The molecule has 0 spiro atoms. The molecule has 0 unspecified atom stereocenters. The molecule has 6 heteroatoms. The summed E-state index contributed by atoms with van der Waals surface area (Å²) in [5.41, 5.74) is 1.69. The maximum absolute atomic E-state index is 12.5. The number of ether oxygens (including phenoxy) is 1. The van der Waals surface area contributed by atoms with Crippen LogP contribution in [0.4, 0.5) is 5.69 Å². The Morgan fingerprint density at radius 3 is 2.87 bits per heavy atom. The molecule has 3 rings (SSSR count). The van der Waals surface area contributed by atoms with E-state index in [0.29, 0.717) is 6.42 Å². The number of carbonyl (C=O) groups excluding carboxylic acids is 2. The van der Waals surface area contributed by atoms with Crippen molar-refractivity contribution in [3.05, 3.63) is 35.8 Å². The number of anilines is 1. The molecule has 23 heavy (non-hydrogen) atoms. The molecular weight excluding hydrogens is 312 g/mol. The van der Waals surface area contributed by atoms with Gasteiger partial charge in [0.2, 0.25) is 5.91 Å². The molecule has 1 amide bonds. The van der Waals surface area contributed by atoms with Crippen molar-refractivity contribution in [1.29, 1.82) is 0 Å². The molecule has 120 valence electrons. The van der Waals surface area contributed by atoms with Gasteiger partial charge in [-0.2, -0.15) is 0 Å². The zero-order valence-electron chi connectivity index (χ0n) is 12.8. The summed E-state index contributed by atoms with van der Waals surface area (Å²) in [6, 6.07) is 7.59. The van der Waals surface area contributed by atoms with E-state index in [1.54, 1.807) is 17.5 Å². The third-order valence-corrected chi connectivity index (χ3v) is 4.99. The van der Waals surface area contributed by atoms with Gasteiger partial charge < -0.3 is 10.1 Å². The molecule has 1 aliphatic rings. The second-order valence-corrected chi connectivity index (χ2v) is 6.47. The zero-order valence-corrected chi connectivity index (χ0v) is 13.6. The van der Waals surface area contributed by atoms with Crippen LogP contribution < -0.4 is 5.32 Å². The Morgan fingerprint density at radius 2 is 2.13 bits per heavy atom. The van der Waals surface area contributed by atoms with Crippen molar-refractivity contribution in [2.24, 2.45) is 11.8 Å². The molecule has 0 bridgehead atoms. The SMILES string of the molecule is COC(=O)[C@@H]1CCC[C@@H]1C(=O)Nc1cccc(-c2nccs2)c1. The van der Waals surface area contributed by atoms with E-state index in [2.05, 4.69) is 10.3 Å². The lowest BCUT2D eigenvalue weighted by molar-refractivity contribution is -0.148. The van der Waals surface area contributed by atoms with E-state index in [0.717, 1.165) is 29.1 Å². The highest BCUT2D eigenvalue weighted by Gasteiger charge is 2.38. The fourth-order valence-electron chi connectivity index (χ4n) is 3.04. The Morgan fingerprint density at radius 1 is 1.30 bits per heavy atom. The van der Waals surface area contributed by atoms with Gasteiger partial charge in [-0.3, -0.25) is 9.59 Å². The third kappa shape index (κ3) is 3.42. The minimum atomic E-state index is -0.331. The van der Waals surface area contributed by atoms with Crippen LogP contribution in [-0.2, 0) is 14.3 Å². The van der Waals surface area contributed by atoms with Crippen LogP contribution in [0.3, 0.4) is 0 Å². The number of amides is 1. The minimum absolute atomic E-state index is 0.116. The molecule has 1 saturated carbocycles. The Hall–Kier alpha value is -2.21. The number of nitrogens with one attached hydrogen (secondary N) is 1. The van der Waals surface area contributed by atoms with E-state index in [-0.39, 0.29) is 23.7 Å². The normalized spacial score (nSPS) is 20.2. The van der Waals surface area contributed by atoms with Gasteiger partial charge in [0.05, 0.1) is 18.9 Å². The smallest absolute Gasteiger partial charge is 0.309 e. The molecule has 0 saturated heterocycles. The van der Waals surface area contributed by atoms with E-state index in [4.69, 9.17) is 4.74 Å². The summed E-state index contributed by atoms with van der Waals surface area (Å²) in [7, 11) is 1.37. The van der Waals surface area contributed by atoms with Crippen molar-refractivity contribution < 1.29 is 14.3 Å². The van der Waals surface area contributed by atoms with Crippen LogP contribution in [0.25, 0.3) is 10.6 Å². The molecule has 1 aromatic carbocycles. The average molecular weight is 330 g/mol. The molecule has 2 atom stereocenters. The minimum Gasteiger partial charge on any atom is -0.469 e. The summed E-state index contributed by atoms with van der Waals surface area (Å²) in [6.45, 7) is 0. The van der Waals surface area contributed by atoms with Crippen LogP contribution in [0.2, 0.25) is 0 Å². The van der Waals surface area contributed by atoms with Gasteiger partial charge in [0, 0.05) is 22.8 Å². The monoisotopic (exact) mass is 330 g/mol. The van der Waals surface area contributed by atoms with Gasteiger partial charge in [0.1, 0.15) is 5.01 Å². The van der Waals surface area contributed by atoms with Crippen LogP contribution in [0.1, 0.15) is 19.3 Å². The Bertz CT molecular complexity index is 700. The summed E-state index contributed by atoms with van der Waals surface area (Å²) in [5.74, 6) is -1.05. The lowest BCUT2D eigenvalue weighted by Crippen LogP contribution is -2.30. The summed E-state index contributed by atoms with van der Waals surface area (Å²) in [5, 5.41) is 5.75. The van der Waals surface area contributed by atoms with Gasteiger partial charge in [0.15, 0.2) is 0 Å². The van der Waals surface area contributed by atoms with Crippen molar-refractivity contribution in [1.82, 2.24) is 4.98 Å². The summed E-state index contributed by atoms with van der Waals surface area (Å²) >= 11 is 1.55. The second kappa shape index (κ2) is 6.91. The van der Waals surface area contributed by atoms with Crippen LogP contribution in [0.15, 0.2) is 35.8 Å². The number of nitrogens with zero attached hydrogens (tertiary/aromatic N) is 1. The number of methoxy groups -OCH3 is 1. The molecule has 1 heterocycles. The van der Waals surface area contributed by atoms with Crippen molar-refractivity contribution in [3.63, 3.8) is 0 Å². The molecule has 0 radical (unpaired) electrons. The van der Waals surface area contributed by atoms with Gasteiger partial charge in [-0.1, -0.05) is 18.6 Å². The number of carbonyl (C=O) groups is 2. The molecule has 2 aromatic rings. The van der Waals surface area contributed by atoms with Crippen molar-refractivity contribution in [3.8, 4) is 10.6 Å². The zero-order chi connectivity index (χ0) is 16.2. The van der Waals surface area contributed by atoms with E-state index < -0.39 is 0 Å². The maximum Gasteiger partial charge on any atom is 0.309 e. The summed E-state index contributed by atoms with van der Waals surface area (Å²) in [4.78, 5) is 28.6. The Labute approximate surface area is 138 Å². The molecule has 0 aliphatic heterocycles. The largest absolute Gasteiger partial charge is 0.469 e. The van der Waals surface area contributed by atoms with Gasteiger partial charge in [-0.15, -0.1) is 11.3 Å². The second-order valence-electron chi connectivity index (χ2n) is 5.57. The summed E-state index contributed by atoms with van der Waals surface area (Å²) < 4.78 is 4.81. The first-order valence-electron chi connectivity index (χ1n) is 7.57. The summed E-state index contributed by atoms with van der Waals surface area (Å²) in [6.07, 6.45) is 4.06. The fourth-order valence-corrected chi connectivity index (χ4v) is 3.67. The predicted molar refractivity (Wildman–Crippen MR) is 89.0 cm³/mol. The number of rotatable bonds is 4. The van der Waals surface area contributed by atoms with E-state index in [9.17, 15) is 9.59 Å². The van der Waals surface area contributed by atoms with E-state index >= 15 is 0 Å². The Balaban J connectivity index is 1.73. The number of thiazole rings is 1. The third-order valence-electron chi connectivity index (χ3n) is 4.17. The number of hydrogen-bond donors (Lipinski definition) is 1. The highest BCUT2D eigenvalue weighted by Crippen LogP contribution is 2.34. The van der Waals surface area contributed by atoms with Crippen LogP contribution in [0, 0.1) is 11.8 Å². The predicted octanol–water partition coefficient (Wildman–Crippen LogP) is 3.34. The highest BCUT2D eigenvalue weighted by atomic mass is 32.1. The van der Waals surface area contributed by atoms with Gasteiger partial charge in [0.25, 0.3) is 0 Å². The quantitative estimate of drug-likeness (QED) is 0.873. The lowest BCUT2D eigenvalue weighted by Gasteiger charge is -2.17. The standard InChI is InChI=1S/C17H18N2O3S/c1-22-17(21)14-7-3-6-13(14)15(20)19-12-5-2-4-11(10-12)16-18-8-9-23-16/h2,4-5,8-10,13-14H,3,6-7H2,1H3,(H,19,20)/t13-,14+/m0/s1. The van der Waals surface area contributed by atoms with E-state index in [1.807, 2.05) is 29.6 Å². The van der Waals surface area contributed by atoms with Crippen LogP contribution in [0.5, 0.6) is 0 Å². The van der Waals surface area contributed by atoms with Gasteiger partial charge >= 0.3 is 5.97 Å². The topological polar surface area (TPSA) is 68.3 Å². The van der Waals surface area contributed by atoms with Crippen molar-refractivity contribution >= 4 is 28.9 Å². The average Bonchev–Trinajstić information content (AvgIpc) is 3.25. The maximum atomic E-state index is 12.5. The molecule has 1 N–H and O–H groups in total. The van der Waals surface area contributed by atoms with Crippen molar-refractivity contribution in [2.45, 2.75) is 19.3 Å². The number of aromatic nitrogens is 1. The van der Waals surface area contributed by atoms with Crippen molar-refractivity contribution in [2.75, 3.05) is 12.4 Å². The molecule has 1 fully saturated rings. The van der Waals surface area contributed by atoms with Crippen LogP contribution in [-0.4, -0.2) is 24.0 Å². The van der Waals surface area contributed by atoms with E-state index in [1.165, 1.54) is 7.11 Å². The lowest BCUT2D eigenvalue weighted by atomic mass is 9.95. The molecule has 5 nitrogen and oxygen atoms in total. The first-order chi connectivity index (χ1) is 11.2. The number of benzene rings is 1. The molecule has 1 aromatic heterocycles. The van der Waals surface area contributed by atoms with Gasteiger partial charge in [-0.05, 0) is 25.0 Å². The Kier molecular flexibility index (Phi) is 4.71. The van der Waals surface area contributed by atoms with Crippen LogP contribution >= 0.6 is 11.3 Å². The first-order valence-corrected chi connectivity index (χ1v) is 8.45. The number of esters is 1.